The predicted molar refractivity (Wildman–Crippen MR) is 63.9 cm³/mol. The Bertz CT molecular complexity index is 169. The number of likely N-dealkylation sites (N-methyl/N-ethyl adjacent to an activating group) is 1. The Balaban J connectivity index is 3.56. The molecule has 0 rings (SSSR count). The van der Waals surface area contributed by atoms with Crippen LogP contribution in [0.5, 0.6) is 0 Å². The van der Waals surface area contributed by atoms with Crippen molar-refractivity contribution in [1.82, 2.24) is 15.5 Å². The normalized spacial score (nSPS) is 12.9. The average Bonchev–Trinajstić information content (AvgIpc) is 2.25. The first-order chi connectivity index (χ1) is 7.13. The molecule has 1 amide bonds. The van der Waals surface area contributed by atoms with Crippen molar-refractivity contribution in [2.45, 2.75) is 33.2 Å². The van der Waals surface area contributed by atoms with Crippen LogP contribution in [0.4, 0.5) is 0 Å². The van der Waals surface area contributed by atoms with Crippen LogP contribution in [0, 0.1) is 0 Å². The van der Waals surface area contributed by atoms with E-state index in [1.54, 1.807) is 7.05 Å². The molecule has 0 saturated carbocycles. The molecule has 0 heterocycles. The van der Waals surface area contributed by atoms with Gasteiger partial charge in [-0.25, -0.2) is 0 Å². The molecule has 0 saturated heterocycles. The van der Waals surface area contributed by atoms with E-state index in [9.17, 15) is 4.79 Å². The van der Waals surface area contributed by atoms with Crippen molar-refractivity contribution in [3.63, 3.8) is 0 Å². The average molecular weight is 215 g/mol. The molecule has 4 heteroatoms. The first-order valence-corrected chi connectivity index (χ1v) is 5.80. The largest absolute Gasteiger partial charge is 0.359 e. The standard InChI is InChI=1S/C11H25N3O/c1-5-14(6-2)9-10(3)13-8-7-11(15)12-4/h10,13H,5-9H2,1-4H3,(H,12,15). The van der Waals surface area contributed by atoms with Crippen molar-refractivity contribution in [1.29, 1.82) is 0 Å². The molecule has 0 aromatic carbocycles. The molecule has 0 spiro atoms. The van der Waals surface area contributed by atoms with E-state index in [1.165, 1.54) is 0 Å². The van der Waals surface area contributed by atoms with E-state index in [-0.39, 0.29) is 5.91 Å². The first kappa shape index (κ1) is 14.4. The molecule has 1 atom stereocenters. The minimum atomic E-state index is 0.0949. The number of carbonyl (C=O) groups excluding carboxylic acids is 1. The quantitative estimate of drug-likeness (QED) is 0.617. The van der Waals surface area contributed by atoms with Crippen LogP contribution in [0.1, 0.15) is 27.2 Å². The lowest BCUT2D eigenvalue weighted by Gasteiger charge is -2.23. The van der Waals surface area contributed by atoms with Gasteiger partial charge in [0.1, 0.15) is 0 Å². The third-order valence-corrected chi connectivity index (χ3v) is 2.55. The summed E-state index contributed by atoms with van der Waals surface area (Å²) in [5, 5.41) is 5.96. The first-order valence-electron chi connectivity index (χ1n) is 5.80. The van der Waals surface area contributed by atoms with Crippen LogP contribution in [-0.2, 0) is 4.79 Å². The summed E-state index contributed by atoms with van der Waals surface area (Å²) in [5.41, 5.74) is 0. The van der Waals surface area contributed by atoms with Gasteiger partial charge in [-0.05, 0) is 20.0 Å². The second-order valence-electron chi connectivity index (χ2n) is 3.76. The summed E-state index contributed by atoms with van der Waals surface area (Å²) in [6.45, 7) is 10.4. The highest BCUT2D eigenvalue weighted by Gasteiger charge is 2.06. The molecule has 4 nitrogen and oxygen atoms in total. The molecule has 90 valence electrons. The fraction of sp³-hybridized carbons (Fsp3) is 0.909. The zero-order valence-corrected chi connectivity index (χ0v) is 10.5. The van der Waals surface area contributed by atoms with Crippen molar-refractivity contribution < 1.29 is 4.79 Å². The molecule has 0 aromatic rings. The number of rotatable bonds is 8. The van der Waals surface area contributed by atoms with Gasteiger partial charge in [-0.1, -0.05) is 13.8 Å². The fourth-order valence-corrected chi connectivity index (χ4v) is 1.49. The highest BCUT2D eigenvalue weighted by molar-refractivity contribution is 5.75. The van der Waals surface area contributed by atoms with E-state index in [0.717, 1.165) is 26.2 Å². The lowest BCUT2D eigenvalue weighted by Crippen LogP contribution is -2.40. The molecule has 0 aliphatic heterocycles. The van der Waals surface area contributed by atoms with Gasteiger partial charge in [0.05, 0.1) is 0 Å². The van der Waals surface area contributed by atoms with Gasteiger partial charge in [-0.15, -0.1) is 0 Å². The minimum Gasteiger partial charge on any atom is -0.359 e. The monoisotopic (exact) mass is 215 g/mol. The van der Waals surface area contributed by atoms with Crippen LogP contribution < -0.4 is 10.6 Å². The predicted octanol–water partition coefficient (Wildman–Crippen LogP) is 0.442. The third kappa shape index (κ3) is 7.33. The van der Waals surface area contributed by atoms with Gasteiger partial charge in [0.25, 0.3) is 0 Å². The Hall–Kier alpha value is -0.610. The summed E-state index contributed by atoms with van der Waals surface area (Å²) in [4.78, 5) is 13.3. The SMILES string of the molecule is CCN(CC)CC(C)NCCC(=O)NC. The molecule has 2 N–H and O–H groups in total. The smallest absolute Gasteiger partial charge is 0.221 e. The van der Waals surface area contributed by atoms with Gasteiger partial charge >= 0.3 is 0 Å². The number of carbonyl (C=O) groups is 1. The van der Waals surface area contributed by atoms with E-state index < -0.39 is 0 Å². The van der Waals surface area contributed by atoms with Gasteiger partial charge in [-0.2, -0.15) is 0 Å². The van der Waals surface area contributed by atoms with Crippen molar-refractivity contribution in [2.24, 2.45) is 0 Å². The van der Waals surface area contributed by atoms with E-state index in [4.69, 9.17) is 0 Å². The summed E-state index contributed by atoms with van der Waals surface area (Å²) < 4.78 is 0. The van der Waals surface area contributed by atoms with Crippen LogP contribution in [0.15, 0.2) is 0 Å². The Labute approximate surface area is 93.4 Å². The lowest BCUT2D eigenvalue weighted by molar-refractivity contribution is -0.120. The molecular formula is C11H25N3O. The Morgan fingerprint density at radius 2 is 1.93 bits per heavy atom. The highest BCUT2D eigenvalue weighted by Crippen LogP contribution is 1.91. The van der Waals surface area contributed by atoms with Crippen molar-refractivity contribution in [3.05, 3.63) is 0 Å². The number of nitrogens with one attached hydrogen (secondary N) is 2. The summed E-state index contributed by atoms with van der Waals surface area (Å²) in [6, 6.07) is 0.439. The third-order valence-electron chi connectivity index (χ3n) is 2.55. The molecule has 0 aliphatic carbocycles. The summed E-state index contributed by atoms with van der Waals surface area (Å²) in [6.07, 6.45) is 0.555. The van der Waals surface area contributed by atoms with Crippen molar-refractivity contribution in [3.8, 4) is 0 Å². The number of nitrogens with zero attached hydrogens (tertiary/aromatic N) is 1. The second-order valence-corrected chi connectivity index (χ2v) is 3.76. The van der Waals surface area contributed by atoms with Gasteiger partial charge in [0.2, 0.25) is 5.91 Å². The van der Waals surface area contributed by atoms with Gasteiger partial charge < -0.3 is 15.5 Å². The van der Waals surface area contributed by atoms with Crippen LogP contribution >= 0.6 is 0 Å². The molecule has 0 radical (unpaired) electrons. The van der Waals surface area contributed by atoms with Gasteiger partial charge in [-0.3, -0.25) is 4.79 Å². The minimum absolute atomic E-state index is 0.0949. The molecule has 0 aliphatic rings. The highest BCUT2D eigenvalue weighted by atomic mass is 16.1. The number of amides is 1. The van der Waals surface area contributed by atoms with Gasteiger partial charge in [0, 0.05) is 32.6 Å². The summed E-state index contributed by atoms with van der Waals surface area (Å²) >= 11 is 0. The van der Waals surface area contributed by atoms with Crippen LogP contribution in [0.25, 0.3) is 0 Å². The maximum absolute atomic E-state index is 11.0. The second kappa shape index (κ2) is 8.68. The zero-order valence-electron chi connectivity index (χ0n) is 10.5. The Morgan fingerprint density at radius 3 is 2.40 bits per heavy atom. The number of hydrogen-bond acceptors (Lipinski definition) is 3. The number of hydrogen-bond donors (Lipinski definition) is 2. The Kier molecular flexibility index (Phi) is 8.33. The molecular weight excluding hydrogens is 190 g/mol. The van der Waals surface area contributed by atoms with Crippen LogP contribution in [-0.4, -0.2) is 50.1 Å². The van der Waals surface area contributed by atoms with E-state index in [2.05, 4.69) is 36.3 Å². The van der Waals surface area contributed by atoms with Crippen molar-refractivity contribution in [2.75, 3.05) is 33.2 Å². The summed E-state index contributed by atoms with van der Waals surface area (Å²) in [7, 11) is 1.67. The lowest BCUT2D eigenvalue weighted by atomic mass is 10.3. The van der Waals surface area contributed by atoms with Gasteiger partial charge in [0.15, 0.2) is 0 Å². The summed E-state index contributed by atoms with van der Waals surface area (Å²) in [5.74, 6) is 0.0949. The van der Waals surface area contributed by atoms with E-state index in [0.29, 0.717) is 12.5 Å². The van der Waals surface area contributed by atoms with Crippen LogP contribution in [0.3, 0.4) is 0 Å². The maximum atomic E-state index is 11.0. The fourth-order valence-electron chi connectivity index (χ4n) is 1.49. The molecule has 0 aromatic heterocycles. The maximum Gasteiger partial charge on any atom is 0.221 e. The Morgan fingerprint density at radius 1 is 1.33 bits per heavy atom. The zero-order chi connectivity index (χ0) is 11.7. The molecule has 0 bridgehead atoms. The molecule has 1 unspecified atom stereocenters. The molecule has 15 heavy (non-hydrogen) atoms. The van der Waals surface area contributed by atoms with Crippen LogP contribution in [0.2, 0.25) is 0 Å². The molecule has 0 fully saturated rings. The van der Waals surface area contributed by atoms with E-state index in [1.807, 2.05) is 0 Å². The van der Waals surface area contributed by atoms with E-state index >= 15 is 0 Å². The topological polar surface area (TPSA) is 44.4 Å². The van der Waals surface area contributed by atoms with Crippen molar-refractivity contribution >= 4 is 5.91 Å².